The molecule has 7 nitrogen and oxygen atoms in total. The molecular weight excluding hydrogens is 464 g/mol. The largest absolute Gasteiger partial charge is 0.497 e. The molecule has 4 atom stereocenters. The Hall–Kier alpha value is -2.26. The van der Waals surface area contributed by atoms with Crippen LogP contribution in [0.1, 0.15) is 32.3 Å². The fourth-order valence-electron chi connectivity index (χ4n) is 3.84. The van der Waals surface area contributed by atoms with Gasteiger partial charge in [-0.05, 0) is 54.1 Å². The highest BCUT2D eigenvalue weighted by molar-refractivity contribution is 7.97. The van der Waals surface area contributed by atoms with Crippen LogP contribution in [0.2, 0.25) is 0 Å². The average molecular weight is 503 g/mol. The lowest BCUT2D eigenvalue weighted by molar-refractivity contribution is 0.0649. The molecule has 0 aromatic heterocycles. The number of alkyl carbamates (subject to hydrolysis) is 1. The summed E-state index contributed by atoms with van der Waals surface area (Å²) in [5, 5.41) is 14.3. The van der Waals surface area contributed by atoms with Crippen molar-refractivity contribution >= 4 is 18.0 Å². The van der Waals surface area contributed by atoms with E-state index in [-0.39, 0.29) is 6.10 Å². The molecule has 192 valence electrons. The summed E-state index contributed by atoms with van der Waals surface area (Å²) in [5.74, 6) is 1.27. The van der Waals surface area contributed by atoms with Crippen LogP contribution in [0.25, 0.3) is 0 Å². The van der Waals surface area contributed by atoms with Gasteiger partial charge in [0, 0.05) is 24.4 Å². The fraction of sp³-hybridized carbons (Fsp3) is 0.519. The summed E-state index contributed by atoms with van der Waals surface area (Å²) in [4.78, 5) is 13.7. The van der Waals surface area contributed by atoms with E-state index in [0.717, 1.165) is 29.2 Å². The van der Waals surface area contributed by atoms with Crippen molar-refractivity contribution in [2.24, 2.45) is 5.92 Å². The molecule has 1 saturated heterocycles. The molecule has 3 rings (SSSR count). The monoisotopic (exact) mass is 502 g/mol. The molecule has 0 bridgehead atoms. The van der Waals surface area contributed by atoms with Crippen molar-refractivity contribution in [3.8, 4) is 5.75 Å². The number of hydrogen-bond acceptors (Lipinski definition) is 7. The molecule has 1 aliphatic heterocycles. The molecule has 4 unspecified atom stereocenters. The van der Waals surface area contributed by atoms with Crippen molar-refractivity contribution in [3.63, 3.8) is 0 Å². The zero-order valence-corrected chi connectivity index (χ0v) is 21.7. The topological polar surface area (TPSA) is 80.3 Å². The van der Waals surface area contributed by atoms with Gasteiger partial charge in [-0.3, -0.25) is 0 Å². The number of methoxy groups -OCH3 is 1. The second-order valence-corrected chi connectivity index (χ2v) is 10.2. The zero-order valence-electron chi connectivity index (χ0n) is 20.9. The standard InChI is InChI=1S/C27H38N2O5S/c1-4-20(2)17-29(35-24-12-10-22(32-3)11-13-24)18-26(30)25(16-21-8-6-5-7-9-21)28-27(31)34-23-14-15-33-19-23/h5-13,20,23,25-26,30H,4,14-19H2,1-3H3,(H,28,31). The predicted octanol–water partition coefficient (Wildman–Crippen LogP) is 4.54. The molecule has 2 aromatic rings. The smallest absolute Gasteiger partial charge is 0.407 e. The van der Waals surface area contributed by atoms with Gasteiger partial charge in [0.1, 0.15) is 11.9 Å². The van der Waals surface area contributed by atoms with Gasteiger partial charge in [0.15, 0.2) is 0 Å². The van der Waals surface area contributed by atoms with Gasteiger partial charge in [-0.1, -0.05) is 50.6 Å². The van der Waals surface area contributed by atoms with Crippen LogP contribution < -0.4 is 10.1 Å². The third kappa shape index (κ3) is 9.37. The molecule has 1 fully saturated rings. The minimum Gasteiger partial charge on any atom is -0.497 e. The van der Waals surface area contributed by atoms with Crippen molar-refractivity contribution in [1.29, 1.82) is 0 Å². The quantitative estimate of drug-likeness (QED) is 0.389. The number of ether oxygens (including phenoxy) is 3. The van der Waals surface area contributed by atoms with Crippen molar-refractivity contribution in [1.82, 2.24) is 9.62 Å². The lowest BCUT2D eigenvalue weighted by atomic mass is 10.0. The number of carbonyl (C=O) groups is 1. The number of carbonyl (C=O) groups excluding carboxylic acids is 1. The van der Waals surface area contributed by atoms with Gasteiger partial charge >= 0.3 is 6.09 Å². The van der Waals surface area contributed by atoms with Crippen molar-refractivity contribution in [3.05, 3.63) is 60.2 Å². The van der Waals surface area contributed by atoms with Crippen LogP contribution in [0.3, 0.4) is 0 Å². The number of aliphatic hydroxyl groups is 1. The molecule has 8 heteroatoms. The first-order chi connectivity index (χ1) is 17.0. The van der Waals surface area contributed by atoms with Crippen LogP contribution in [0, 0.1) is 5.92 Å². The van der Waals surface area contributed by atoms with E-state index in [2.05, 4.69) is 23.5 Å². The lowest BCUT2D eigenvalue weighted by Crippen LogP contribution is -2.49. The minimum absolute atomic E-state index is 0.239. The predicted molar refractivity (Wildman–Crippen MR) is 139 cm³/mol. The minimum atomic E-state index is -0.794. The molecule has 1 amide bonds. The molecule has 2 N–H and O–H groups in total. The van der Waals surface area contributed by atoms with Crippen molar-refractivity contribution < 1.29 is 24.1 Å². The van der Waals surface area contributed by atoms with Crippen molar-refractivity contribution in [2.45, 2.75) is 56.3 Å². The first-order valence-corrected chi connectivity index (χ1v) is 13.1. The van der Waals surface area contributed by atoms with Gasteiger partial charge in [0.2, 0.25) is 0 Å². The molecule has 1 heterocycles. The fourth-order valence-corrected chi connectivity index (χ4v) is 4.95. The Morgan fingerprint density at radius 2 is 1.94 bits per heavy atom. The molecule has 0 radical (unpaired) electrons. The molecule has 0 aliphatic carbocycles. The van der Waals surface area contributed by atoms with E-state index >= 15 is 0 Å². The number of rotatable bonds is 13. The van der Waals surface area contributed by atoms with Gasteiger partial charge in [-0.2, -0.15) is 0 Å². The third-order valence-electron chi connectivity index (χ3n) is 6.12. The Bertz CT molecular complexity index is 877. The van der Waals surface area contributed by atoms with E-state index < -0.39 is 18.2 Å². The molecule has 2 aromatic carbocycles. The maximum atomic E-state index is 12.6. The van der Waals surface area contributed by atoms with Gasteiger partial charge in [0.05, 0.1) is 32.5 Å². The second kappa shape index (κ2) is 14.3. The highest BCUT2D eigenvalue weighted by atomic mass is 32.2. The first kappa shape index (κ1) is 27.3. The molecule has 0 saturated carbocycles. The van der Waals surface area contributed by atoms with Crippen LogP contribution in [-0.4, -0.2) is 67.2 Å². The number of nitrogens with zero attached hydrogens (tertiary/aromatic N) is 1. The Labute approximate surface area is 213 Å². The summed E-state index contributed by atoms with van der Waals surface area (Å²) in [5.41, 5.74) is 1.04. The van der Waals surface area contributed by atoms with E-state index in [9.17, 15) is 9.90 Å². The Morgan fingerprint density at radius 3 is 2.57 bits per heavy atom. The second-order valence-electron chi connectivity index (χ2n) is 9.03. The normalized spacial score (nSPS) is 18.1. The molecular formula is C27H38N2O5S. The zero-order chi connectivity index (χ0) is 25.0. The number of aliphatic hydroxyl groups excluding tert-OH is 1. The number of nitrogens with one attached hydrogen (secondary N) is 1. The number of hydrogen-bond donors (Lipinski definition) is 2. The summed E-state index contributed by atoms with van der Waals surface area (Å²) in [6, 6.07) is 17.3. The van der Waals surface area contributed by atoms with Crippen LogP contribution in [-0.2, 0) is 15.9 Å². The summed E-state index contributed by atoms with van der Waals surface area (Å²) in [6.45, 7) is 6.59. The van der Waals surface area contributed by atoms with E-state index in [1.54, 1.807) is 19.1 Å². The van der Waals surface area contributed by atoms with E-state index in [1.807, 2.05) is 54.6 Å². The Kier molecular flexibility index (Phi) is 11.2. The van der Waals surface area contributed by atoms with Crippen LogP contribution in [0.4, 0.5) is 4.79 Å². The molecule has 35 heavy (non-hydrogen) atoms. The maximum Gasteiger partial charge on any atom is 0.407 e. The van der Waals surface area contributed by atoms with Crippen LogP contribution >= 0.6 is 11.9 Å². The van der Waals surface area contributed by atoms with Crippen LogP contribution in [0.5, 0.6) is 5.75 Å². The van der Waals surface area contributed by atoms with Gasteiger partial charge in [0.25, 0.3) is 0 Å². The Morgan fingerprint density at radius 1 is 1.20 bits per heavy atom. The number of benzene rings is 2. The SMILES string of the molecule is CCC(C)CN(CC(O)C(Cc1ccccc1)NC(=O)OC1CCOC1)Sc1ccc(OC)cc1. The molecule has 1 aliphatic rings. The summed E-state index contributed by atoms with van der Waals surface area (Å²) >= 11 is 1.61. The summed E-state index contributed by atoms with van der Waals surface area (Å²) in [6.07, 6.45) is 0.687. The maximum absolute atomic E-state index is 12.6. The van der Waals surface area contributed by atoms with E-state index in [0.29, 0.717) is 38.5 Å². The van der Waals surface area contributed by atoms with Crippen LogP contribution in [0.15, 0.2) is 59.5 Å². The molecule has 0 spiro atoms. The highest BCUT2D eigenvalue weighted by Gasteiger charge is 2.27. The first-order valence-electron chi connectivity index (χ1n) is 12.3. The highest BCUT2D eigenvalue weighted by Crippen LogP contribution is 2.27. The van der Waals surface area contributed by atoms with Gasteiger partial charge in [-0.25, -0.2) is 9.10 Å². The van der Waals surface area contributed by atoms with Gasteiger partial charge in [-0.15, -0.1) is 0 Å². The average Bonchev–Trinajstić information content (AvgIpc) is 3.37. The van der Waals surface area contributed by atoms with E-state index in [1.165, 1.54) is 0 Å². The van der Waals surface area contributed by atoms with Crippen molar-refractivity contribution in [2.75, 3.05) is 33.4 Å². The van der Waals surface area contributed by atoms with E-state index in [4.69, 9.17) is 14.2 Å². The summed E-state index contributed by atoms with van der Waals surface area (Å²) in [7, 11) is 1.65. The Balaban J connectivity index is 1.70. The van der Waals surface area contributed by atoms with Gasteiger partial charge < -0.3 is 24.6 Å². The lowest BCUT2D eigenvalue weighted by Gasteiger charge is -2.31. The number of amides is 1. The third-order valence-corrected chi connectivity index (χ3v) is 7.16. The summed E-state index contributed by atoms with van der Waals surface area (Å²) < 4.78 is 18.3.